The number of nitrogens with zero attached hydrogens (tertiary/aromatic N) is 2. The van der Waals surface area contributed by atoms with Crippen LogP contribution in [0.2, 0.25) is 0 Å². The van der Waals surface area contributed by atoms with Crippen LogP contribution in [0.1, 0.15) is 19.4 Å². The third-order valence-electron chi connectivity index (χ3n) is 2.96. The highest BCUT2D eigenvalue weighted by Crippen LogP contribution is 2.05. The SMILES string of the molecule is CC(C(=O)O)=C(C)C(=O)NC(=O)N(C)Cc1ccncc1. The topological polar surface area (TPSA) is 99.6 Å². The number of amides is 3. The molecule has 112 valence electrons. The molecule has 21 heavy (non-hydrogen) atoms. The van der Waals surface area contributed by atoms with Crippen molar-refractivity contribution in [3.63, 3.8) is 0 Å². The van der Waals surface area contributed by atoms with Gasteiger partial charge in [-0.05, 0) is 31.5 Å². The summed E-state index contributed by atoms with van der Waals surface area (Å²) >= 11 is 0. The number of carboxylic acids is 1. The van der Waals surface area contributed by atoms with Gasteiger partial charge in [0.05, 0.1) is 0 Å². The molecule has 0 aliphatic heterocycles. The zero-order valence-electron chi connectivity index (χ0n) is 12.1. The van der Waals surface area contributed by atoms with Crippen LogP contribution in [-0.4, -0.2) is 39.9 Å². The van der Waals surface area contributed by atoms with E-state index >= 15 is 0 Å². The Morgan fingerprint density at radius 3 is 2.29 bits per heavy atom. The van der Waals surface area contributed by atoms with Gasteiger partial charge in [0.2, 0.25) is 0 Å². The van der Waals surface area contributed by atoms with Crippen LogP contribution in [0, 0.1) is 0 Å². The minimum absolute atomic E-state index is 0.00633. The van der Waals surface area contributed by atoms with Crippen LogP contribution in [0.3, 0.4) is 0 Å². The highest BCUT2D eigenvalue weighted by Gasteiger charge is 2.17. The van der Waals surface area contributed by atoms with Crippen LogP contribution < -0.4 is 5.32 Å². The second-order valence-electron chi connectivity index (χ2n) is 4.53. The summed E-state index contributed by atoms with van der Waals surface area (Å²) in [5, 5.41) is 10.9. The van der Waals surface area contributed by atoms with Crippen molar-refractivity contribution in [2.45, 2.75) is 20.4 Å². The molecule has 7 nitrogen and oxygen atoms in total. The smallest absolute Gasteiger partial charge is 0.331 e. The minimum Gasteiger partial charge on any atom is -0.478 e. The van der Waals surface area contributed by atoms with Gasteiger partial charge < -0.3 is 10.0 Å². The molecule has 0 unspecified atom stereocenters. The van der Waals surface area contributed by atoms with Crippen molar-refractivity contribution in [1.29, 1.82) is 0 Å². The Bertz CT molecular complexity index is 581. The van der Waals surface area contributed by atoms with E-state index in [9.17, 15) is 14.4 Å². The van der Waals surface area contributed by atoms with Crippen LogP contribution >= 0.6 is 0 Å². The molecule has 3 amide bonds. The summed E-state index contributed by atoms with van der Waals surface area (Å²) in [7, 11) is 1.53. The molecule has 0 aliphatic rings. The zero-order chi connectivity index (χ0) is 16.0. The zero-order valence-corrected chi connectivity index (χ0v) is 12.1. The van der Waals surface area contributed by atoms with Gasteiger partial charge in [0, 0.05) is 37.1 Å². The van der Waals surface area contributed by atoms with Crippen LogP contribution in [0.25, 0.3) is 0 Å². The van der Waals surface area contributed by atoms with Gasteiger partial charge in [0.1, 0.15) is 0 Å². The fraction of sp³-hybridized carbons (Fsp3) is 0.286. The molecule has 2 N–H and O–H groups in total. The summed E-state index contributed by atoms with van der Waals surface area (Å²) in [5.74, 6) is -1.92. The number of carboxylic acid groups (broad SMARTS) is 1. The number of rotatable bonds is 4. The molecule has 0 aromatic carbocycles. The molecule has 0 saturated heterocycles. The first-order valence-electron chi connectivity index (χ1n) is 6.19. The third-order valence-corrected chi connectivity index (χ3v) is 2.96. The maximum atomic E-state index is 11.9. The number of carbonyl (C=O) groups is 3. The molecular formula is C14H17N3O4. The Hall–Kier alpha value is -2.70. The van der Waals surface area contributed by atoms with E-state index < -0.39 is 17.9 Å². The summed E-state index contributed by atoms with van der Waals surface area (Å²) in [6.07, 6.45) is 3.21. The van der Waals surface area contributed by atoms with Crippen molar-refractivity contribution in [1.82, 2.24) is 15.2 Å². The fourth-order valence-corrected chi connectivity index (χ4v) is 1.45. The predicted octanol–water partition coefficient (Wildman–Crippen LogP) is 1.17. The summed E-state index contributed by atoms with van der Waals surface area (Å²) in [4.78, 5) is 39.6. The monoisotopic (exact) mass is 291 g/mol. The predicted molar refractivity (Wildman–Crippen MR) is 75.3 cm³/mol. The number of pyridine rings is 1. The first kappa shape index (κ1) is 16.4. The molecule has 0 aliphatic carbocycles. The van der Waals surface area contributed by atoms with E-state index in [-0.39, 0.29) is 11.1 Å². The number of aromatic nitrogens is 1. The number of imide groups is 1. The molecule has 0 radical (unpaired) electrons. The van der Waals surface area contributed by atoms with Crippen molar-refractivity contribution in [3.8, 4) is 0 Å². The molecule has 0 bridgehead atoms. The average Bonchev–Trinajstić information content (AvgIpc) is 2.46. The molecular weight excluding hydrogens is 274 g/mol. The fourth-order valence-electron chi connectivity index (χ4n) is 1.45. The number of aliphatic carboxylic acids is 1. The Balaban J connectivity index is 2.66. The van der Waals surface area contributed by atoms with Crippen LogP contribution in [0.5, 0.6) is 0 Å². The van der Waals surface area contributed by atoms with E-state index in [1.807, 2.05) is 0 Å². The van der Waals surface area contributed by atoms with Gasteiger partial charge in [-0.3, -0.25) is 15.1 Å². The van der Waals surface area contributed by atoms with Gasteiger partial charge in [0.15, 0.2) is 0 Å². The molecule has 1 rings (SSSR count). The Morgan fingerprint density at radius 1 is 1.19 bits per heavy atom. The molecule has 0 fully saturated rings. The molecule has 0 saturated carbocycles. The normalized spacial score (nSPS) is 11.4. The third kappa shape index (κ3) is 4.72. The van der Waals surface area contributed by atoms with Crippen LogP contribution in [-0.2, 0) is 16.1 Å². The summed E-state index contributed by atoms with van der Waals surface area (Å²) in [6.45, 7) is 2.97. The van der Waals surface area contributed by atoms with Crippen LogP contribution in [0.15, 0.2) is 35.7 Å². The Kier molecular flexibility index (Phi) is 5.59. The van der Waals surface area contributed by atoms with Crippen molar-refractivity contribution in [2.24, 2.45) is 0 Å². The Morgan fingerprint density at radius 2 is 1.76 bits per heavy atom. The molecule has 1 aromatic rings. The summed E-state index contributed by atoms with van der Waals surface area (Å²) < 4.78 is 0. The second kappa shape index (κ2) is 7.18. The van der Waals surface area contributed by atoms with Crippen molar-refractivity contribution >= 4 is 17.9 Å². The van der Waals surface area contributed by atoms with E-state index in [1.165, 1.54) is 25.8 Å². The van der Waals surface area contributed by atoms with Crippen molar-refractivity contribution in [2.75, 3.05) is 7.05 Å². The second-order valence-corrected chi connectivity index (χ2v) is 4.53. The molecule has 1 aromatic heterocycles. The van der Waals surface area contributed by atoms with Gasteiger partial charge in [-0.1, -0.05) is 0 Å². The first-order chi connectivity index (χ1) is 9.82. The lowest BCUT2D eigenvalue weighted by molar-refractivity contribution is -0.133. The molecule has 7 heteroatoms. The van der Waals surface area contributed by atoms with Gasteiger partial charge >= 0.3 is 12.0 Å². The van der Waals surface area contributed by atoms with E-state index in [1.54, 1.807) is 24.5 Å². The molecule has 0 atom stereocenters. The highest BCUT2D eigenvalue weighted by molar-refractivity contribution is 6.07. The number of nitrogens with one attached hydrogen (secondary N) is 1. The number of hydrogen-bond donors (Lipinski definition) is 2. The minimum atomic E-state index is -1.19. The largest absolute Gasteiger partial charge is 0.478 e. The van der Waals surface area contributed by atoms with E-state index in [2.05, 4.69) is 10.3 Å². The quantitative estimate of drug-likeness (QED) is 0.811. The molecule has 1 heterocycles. The first-order valence-corrected chi connectivity index (χ1v) is 6.19. The number of hydrogen-bond acceptors (Lipinski definition) is 4. The average molecular weight is 291 g/mol. The summed E-state index contributed by atoms with van der Waals surface area (Å²) in [5.41, 5.74) is 0.759. The van der Waals surface area contributed by atoms with Crippen molar-refractivity contribution in [3.05, 3.63) is 41.2 Å². The van der Waals surface area contributed by atoms with Gasteiger partial charge in [-0.15, -0.1) is 0 Å². The Labute approximate surface area is 122 Å². The van der Waals surface area contributed by atoms with Gasteiger partial charge in [-0.25, -0.2) is 9.59 Å². The highest BCUT2D eigenvalue weighted by atomic mass is 16.4. The lowest BCUT2D eigenvalue weighted by Gasteiger charge is -2.17. The maximum absolute atomic E-state index is 11.9. The lowest BCUT2D eigenvalue weighted by atomic mass is 10.1. The van der Waals surface area contributed by atoms with Crippen molar-refractivity contribution < 1.29 is 19.5 Å². The maximum Gasteiger partial charge on any atom is 0.331 e. The lowest BCUT2D eigenvalue weighted by Crippen LogP contribution is -2.41. The molecule has 0 spiro atoms. The standard InChI is InChI=1S/C14H17N3O4/c1-9(10(2)13(19)20)12(18)16-14(21)17(3)8-11-4-6-15-7-5-11/h4-7H,8H2,1-3H3,(H,19,20)(H,16,18,21). The summed E-state index contributed by atoms with van der Waals surface area (Å²) in [6, 6.07) is 2.91. The van der Waals surface area contributed by atoms with E-state index in [4.69, 9.17) is 5.11 Å². The van der Waals surface area contributed by atoms with Gasteiger partial charge in [0.25, 0.3) is 5.91 Å². The van der Waals surface area contributed by atoms with Crippen LogP contribution in [0.4, 0.5) is 4.79 Å². The van der Waals surface area contributed by atoms with E-state index in [0.717, 1.165) is 5.56 Å². The number of urea groups is 1. The van der Waals surface area contributed by atoms with E-state index in [0.29, 0.717) is 6.54 Å². The number of carbonyl (C=O) groups excluding carboxylic acids is 2. The van der Waals surface area contributed by atoms with Gasteiger partial charge in [-0.2, -0.15) is 0 Å².